The maximum Gasteiger partial charge on any atom is 0.265 e. The normalized spacial score (nSPS) is 14.1. The average molecular weight is 392 g/mol. The first kappa shape index (κ1) is 18.3. The van der Waals surface area contributed by atoms with Crippen molar-refractivity contribution in [1.29, 1.82) is 0 Å². The highest BCUT2D eigenvalue weighted by atomic mass is 32.2. The van der Waals surface area contributed by atoms with Gasteiger partial charge in [0.05, 0.1) is 10.6 Å². The van der Waals surface area contributed by atoms with E-state index in [0.717, 1.165) is 16.7 Å². The molecular formula is C22H20N2O3S. The van der Waals surface area contributed by atoms with Gasteiger partial charge in [-0.3, -0.25) is 9.10 Å². The van der Waals surface area contributed by atoms with Crippen molar-refractivity contribution in [2.24, 2.45) is 0 Å². The second-order valence-corrected chi connectivity index (χ2v) is 8.62. The number of nitrogens with one attached hydrogen (secondary N) is 1. The van der Waals surface area contributed by atoms with Crippen LogP contribution in [0.5, 0.6) is 0 Å². The highest BCUT2D eigenvalue weighted by molar-refractivity contribution is 7.93. The van der Waals surface area contributed by atoms with Crippen LogP contribution in [0.2, 0.25) is 0 Å². The van der Waals surface area contributed by atoms with Gasteiger partial charge in [-0.2, -0.15) is 0 Å². The molecule has 1 heterocycles. The van der Waals surface area contributed by atoms with Gasteiger partial charge in [0.15, 0.2) is 0 Å². The molecule has 3 aromatic carbocycles. The van der Waals surface area contributed by atoms with Gasteiger partial charge in [-0.25, -0.2) is 8.42 Å². The first-order valence-electron chi connectivity index (χ1n) is 9.00. The number of anilines is 1. The van der Waals surface area contributed by atoms with Crippen molar-refractivity contribution in [1.82, 2.24) is 5.32 Å². The summed E-state index contributed by atoms with van der Waals surface area (Å²) in [6.45, 7) is 2.05. The zero-order chi connectivity index (χ0) is 19.7. The molecule has 0 saturated heterocycles. The standard InChI is InChI=1S/C22H20N2O3S/c1-16-11-12-20-19(13-16)18-9-5-6-10-21(18)28(26,27)24(20)15-22(25)23-14-17-7-3-2-4-8-17/h2-13H,14-15H2,1H3,(H,23,25). The van der Waals surface area contributed by atoms with Crippen molar-refractivity contribution in [2.75, 3.05) is 10.8 Å². The van der Waals surface area contributed by atoms with E-state index in [4.69, 9.17) is 0 Å². The molecule has 0 fully saturated rings. The monoisotopic (exact) mass is 392 g/mol. The number of aryl methyl sites for hydroxylation is 1. The lowest BCUT2D eigenvalue weighted by Crippen LogP contribution is -2.42. The molecule has 6 heteroatoms. The molecule has 0 aromatic heterocycles. The molecule has 1 aliphatic heterocycles. The molecule has 1 amide bonds. The Morgan fingerprint density at radius 2 is 1.64 bits per heavy atom. The zero-order valence-electron chi connectivity index (χ0n) is 15.4. The molecule has 3 aromatic rings. The third-order valence-electron chi connectivity index (χ3n) is 4.79. The predicted molar refractivity (Wildman–Crippen MR) is 109 cm³/mol. The SMILES string of the molecule is Cc1ccc2c(c1)-c1ccccc1S(=O)(=O)N2CC(=O)NCc1ccccc1. The highest BCUT2D eigenvalue weighted by Crippen LogP contribution is 2.43. The molecule has 4 rings (SSSR count). The van der Waals surface area contributed by atoms with E-state index in [9.17, 15) is 13.2 Å². The number of rotatable bonds is 4. The lowest BCUT2D eigenvalue weighted by Gasteiger charge is -2.31. The lowest BCUT2D eigenvalue weighted by atomic mass is 10.0. The Labute approximate surface area is 164 Å². The number of hydrogen-bond donors (Lipinski definition) is 1. The van der Waals surface area contributed by atoms with Crippen LogP contribution in [0, 0.1) is 6.92 Å². The van der Waals surface area contributed by atoms with Gasteiger partial charge in [0.2, 0.25) is 5.91 Å². The molecule has 5 nitrogen and oxygen atoms in total. The topological polar surface area (TPSA) is 66.5 Å². The van der Waals surface area contributed by atoms with E-state index in [1.807, 2.05) is 55.5 Å². The van der Waals surface area contributed by atoms with Crippen LogP contribution < -0.4 is 9.62 Å². The molecule has 1 aliphatic rings. The molecule has 142 valence electrons. The van der Waals surface area contributed by atoms with Crippen molar-refractivity contribution in [3.8, 4) is 11.1 Å². The molecule has 0 spiro atoms. The Bertz CT molecular complexity index is 1140. The summed E-state index contributed by atoms with van der Waals surface area (Å²) in [6, 6.07) is 22.0. The zero-order valence-corrected chi connectivity index (χ0v) is 16.2. The summed E-state index contributed by atoms with van der Waals surface area (Å²) in [5, 5.41) is 2.81. The van der Waals surface area contributed by atoms with Crippen molar-refractivity contribution in [3.05, 3.63) is 83.9 Å². The Kier molecular flexibility index (Phi) is 4.65. The summed E-state index contributed by atoms with van der Waals surface area (Å²) in [7, 11) is -3.81. The largest absolute Gasteiger partial charge is 0.350 e. The van der Waals surface area contributed by atoms with Crippen LogP contribution in [0.1, 0.15) is 11.1 Å². The number of benzene rings is 3. The van der Waals surface area contributed by atoms with Gasteiger partial charge in [0, 0.05) is 17.7 Å². The Hall–Kier alpha value is -3.12. The molecular weight excluding hydrogens is 372 g/mol. The molecule has 0 aliphatic carbocycles. The fourth-order valence-corrected chi connectivity index (χ4v) is 5.05. The van der Waals surface area contributed by atoms with E-state index in [1.165, 1.54) is 4.31 Å². The van der Waals surface area contributed by atoms with E-state index in [1.54, 1.807) is 24.3 Å². The van der Waals surface area contributed by atoms with Gasteiger partial charge in [-0.1, -0.05) is 60.2 Å². The summed E-state index contributed by atoms with van der Waals surface area (Å²) in [6.07, 6.45) is 0. The Morgan fingerprint density at radius 1 is 0.929 bits per heavy atom. The number of hydrogen-bond acceptors (Lipinski definition) is 3. The molecule has 0 atom stereocenters. The number of nitrogens with zero attached hydrogens (tertiary/aromatic N) is 1. The smallest absolute Gasteiger partial charge is 0.265 e. The second-order valence-electron chi connectivity index (χ2n) is 6.79. The molecule has 1 N–H and O–H groups in total. The number of carbonyl (C=O) groups excluding carboxylic acids is 1. The van der Waals surface area contributed by atoms with Gasteiger partial charge >= 0.3 is 0 Å². The summed E-state index contributed by atoms with van der Waals surface area (Å²) in [5.41, 5.74) is 4.00. The van der Waals surface area contributed by atoms with Crippen LogP contribution in [0.3, 0.4) is 0 Å². The van der Waals surface area contributed by atoms with Crippen LogP contribution in [0.4, 0.5) is 5.69 Å². The number of fused-ring (bicyclic) bond motifs is 3. The molecule has 0 saturated carbocycles. The maximum atomic E-state index is 13.2. The van der Waals surface area contributed by atoms with Crippen molar-refractivity contribution in [2.45, 2.75) is 18.4 Å². The van der Waals surface area contributed by atoms with E-state index in [2.05, 4.69) is 5.32 Å². The van der Waals surface area contributed by atoms with Crippen LogP contribution in [-0.4, -0.2) is 20.9 Å². The number of amides is 1. The van der Waals surface area contributed by atoms with Gasteiger partial charge in [-0.05, 0) is 30.7 Å². The summed E-state index contributed by atoms with van der Waals surface area (Å²) >= 11 is 0. The summed E-state index contributed by atoms with van der Waals surface area (Å²) in [4.78, 5) is 12.8. The number of sulfonamides is 1. The minimum Gasteiger partial charge on any atom is -0.350 e. The predicted octanol–water partition coefficient (Wildman–Crippen LogP) is 3.49. The van der Waals surface area contributed by atoms with Gasteiger partial charge in [-0.15, -0.1) is 0 Å². The third-order valence-corrected chi connectivity index (χ3v) is 6.60. The van der Waals surface area contributed by atoms with Gasteiger partial charge < -0.3 is 5.32 Å². The van der Waals surface area contributed by atoms with Crippen LogP contribution in [0.25, 0.3) is 11.1 Å². The minimum absolute atomic E-state index is 0.226. The molecule has 0 unspecified atom stereocenters. The van der Waals surface area contributed by atoms with E-state index in [-0.39, 0.29) is 17.3 Å². The minimum atomic E-state index is -3.81. The summed E-state index contributed by atoms with van der Waals surface area (Å²) in [5.74, 6) is -0.349. The van der Waals surface area contributed by atoms with Crippen molar-refractivity contribution in [3.63, 3.8) is 0 Å². The lowest BCUT2D eigenvalue weighted by molar-refractivity contribution is -0.119. The quantitative estimate of drug-likeness (QED) is 0.739. The van der Waals surface area contributed by atoms with Crippen LogP contribution >= 0.6 is 0 Å². The highest BCUT2D eigenvalue weighted by Gasteiger charge is 2.35. The number of carbonyl (C=O) groups is 1. The maximum absolute atomic E-state index is 13.2. The van der Waals surface area contributed by atoms with Gasteiger partial charge in [0.25, 0.3) is 10.0 Å². The van der Waals surface area contributed by atoms with E-state index in [0.29, 0.717) is 17.8 Å². The molecule has 0 bridgehead atoms. The molecule has 28 heavy (non-hydrogen) atoms. The summed E-state index contributed by atoms with van der Waals surface area (Å²) < 4.78 is 27.6. The average Bonchev–Trinajstić information content (AvgIpc) is 2.71. The first-order valence-corrected chi connectivity index (χ1v) is 10.4. The van der Waals surface area contributed by atoms with Crippen molar-refractivity contribution < 1.29 is 13.2 Å². The van der Waals surface area contributed by atoms with Crippen LogP contribution in [0.15, 0.2) is 77.7 Å². The van der Waals surface area contributed by atoms with Crippen LogP contribution in [-0.2, 0) is 21.4 Å². The molecule has 0 radical (unpaired) electrons. The van der Waals surface area contributed by atoms with Gasteiger partial charge in [0.1, 0.15) is 6.54 Å². The fraction of sp³-hybridized carbons (Fsp3) is 0.136. The van der Waals surface area contributed by atoms with E-state index < -0.39 is 10.0 Å². The Balaban J connectivity index is 1.66. The first-order chi connectivity index (χ1) is 13.5. The van der Waals surface area contributed by atoms with Crippen molar-refractivity contribution >= 4 is 21.6 Å². The fourth-order valence-electron chi connectivity index (χ4n) is 3.40. The second kappa shape index (κ2) is 7.13. The van der Waals surface area contributed by atoms with E-state index >= 15 is 0 Å². The third kappa shape index (κ3) is 3.27. The Morgan fingerprint density at radius 3 is 2.43 bits per heavy atom.